The molecule has 0 saturated carbocycles. The number of ether oxygens (including phenoxy) is 3. The van der Waals surface area contributed by atoms with Gasteiger partial charge in [-0.3, -0.25) is 4.79 Å². The number of anilines is 1. The summed E-state index contributed by atoms with van der Waals surface area (Å²) in [5, 5.41) is 0. The van der Waals surface area contributed by atoms with Gasteiger partial charge in [0, 0.05) is 24.3 Å². The van der Waals surface area contributed by atoms with Crippen LogP contribution in [0.3, 0.4) is 0 Å². The Morgan fingerprint density at radius 3 is 2.52 bits per heavy atom. The van der Waals surface area contributed by atoms with E-state index in [0.29, 0.717) is 30.9 Å². The zero-order chi connectivity index (χ0) is 20.6. The fourth-order valence-corrected chi connectivity index (χ4v) is 3.02. The van der Waals surface area contributed by atoms with Crippen molar-refractivity contribution in [1.82, 2.24) is 0 Å². The first-order chi connectivity index (χ1) is 14.1. The van der Waals surface area contributed by atoms with E-state index in [0.717, 1.165) is 18.8 Å². The molecule has 3 rings (SSSR count). The van der Waals surface area contributed by atoms with E-state index in [-0.39, 0.29) is 17.3 Å². The van der Waals surface area contributed by atoms with Crippen molar-refractivity contribution in [2.24, 2.45) is 0 Å². The number of halogens is 2. The monoisotopic (exact) mass is 403 g/mol. The van der Waals surface area contributed by atoms with Gasteiger partial charge in [-0.05, 0) is 55.0 Å². The molecule has 2 aromatic rings. The molecule has 7 heteroatoms. The van der Waals surface area contributed by atoms with Gasteiger partial charge in [0.25, 0.3) is 0 Å². The summed E-state index contributed by atoms with van der Waals surface area (Å²) in [5.74, 6) is 0.0192. The quantitative estimate of drug-likeness (QED) is 0.482. The number of carbonyl (C=O) groups excluding carboxylic acids is 1. The van der Waals surface area contributed by atoms with E-state index in [1.165, 1.54) is 12.1 Å². The van der Waals surface area contributed by atoms with Gasteiger partial charge in [-0.15, -0.1) is 0 Å². The molecule has 0 aromatic heterocycles. The summed E-state index contributed by atoms with van der Waals surface area (Å²) in [4.78, 5) is 14.7. The molecule has 29 heavy (non-hydrogen) atoms. The van der Waals surface area contributed by atoms with E-state index in [1.54, 1.807) is 37.3 Å². The minimum atomic E-state index is -2.93. The number of ketones is 1. The maximum Gasteiger partial charge on any atom is 0.387 e. The van der Waals surface area contributed by atoms with Gasteiger partial charge >= 0.3 is 6.61 Å². The highest BCUT2D eigenvalue weighted by atomic mass is 19.3. The Balaban J connectivity index is 1.68. The van der Waals surface area contributed by atoms with Gasteiger partial charge in [0.15, 0.2) is 17.3 Å². The van der Waals surface area contributed by atoms with Crippen LogP contribution in [-0.4, -0.2) is 45.3 Å². The van der Waals surface area contributed by atoms with Gasteiger partial charge in [-0.1, -0.05) is 12.1 Å². The van der Waals surface area contributed by atoms with Crippen LogP contribution in [0.1, 0.15) is 22.8 Å². The van der Waals surface area contributed by atoms with E-state index < -0.39 is 6.61 Å². The summed E-state index contributed by atoms with van der Waals surface area (Å²) in [7, 11) is 0. The van der Waals surface area contributed by atoms with Crippen LogP contribution in [0.5, 0.6) is 11.5 Å². The highest BCUT2D eigenvalue weighted by molar-refractivity contribution is 6.07. The van der Waals surface area contributed by atoms with Crippen LogP contribution in [0.2, 0.25) is 0 Å². The third-order valence-corrected chi connectivity index (χ3v) is 4.44. The molecule has 1 aliphatic heterocycles. The predicted octanol–water partition coefficient (Wildman–Crippen LogP) is 4.42. The first-order valence-electron chi connectivity index (χ1n) is 9.43. The Kier molecular flexibility index (Phi) is 7.19. The largest absolute Gasteiger partial charge is 0.490 e. The van der Waals surface area contributed by atoms with E-state index in [4.69, 9.17) is 9.47 Å². The van der Waals surface area contributed by atoms with E-state index in [9.17, 15) is 13.6 Å². The minimum Gasteiger partial charge on any atom is -0.490 e. The zero-order valence-electron chi connectivity index (χ0n) is 16.1. The molecule has 0 N–H and O–H groups in total. The van der Waals surface area contributed by atoms with Crippen LogP contribution < -0.4 is 14.4 Å². The highest BCUT2D eigenvalue weighted by Crippen LogP contribution is 2.30. The van der Waals surface area contributed by atoms with Crippen LogP contribution in [0.15, 0.2) is 48.5 Å². The molecule has 154 valence electrons. The summed E-state index contributed by atoms with van der Waals surface area (Å²) >= 11 is 0. The van der Waals surface area contributed by atoms with Crippen molar-refractivity contribution < 1.29 is 27.8 Å². The fourth-order valence-electron chi connectivity index (χ4n) is 3.02. The number of morpholine rings is 1. The van der Waals surface area contributed by atoms with Crippen molar-refractivity contribution in [2.45, 2.75) is 13.5 Å². The average Bonchev–Trinajstić information content (AvgIpc) is 2.74. The van der Waals surface area contributed by atoms with Crippen molar-refractivity contribution in [3.63, 3.8) is 0 Å². The van der Waals surface area contributed by atoms with Gasteiger partial charge < -0.3 is 19.1 Å². The van der Waals surface area contributed by atoms with Gasteiger partial charge in [-0.2, -0.15) is 8.78 Å². The van der Waals surface area contributed by atoms with E-state index >= 15 is 0 Å². The fraction of sp³-hybridized carbons (Fsp3) is 0.318. The zero-order valence-corrected chi connectivity index (χ0v) is 16.1. The number of hydrogen-bond donors (Lipinski definition) is 0. The van der Waals surface area contributed by atoms with Crippen molar-refractivity contribution in [3.05, 3.63) is 59.7 Å². The number of rotatable bonds is 8. The number of carbonyl (C=O) groups is 1. The van der Waals surface area contributed by atoms with Crippen molar-refractivity contribution in [3.8, 4) is 11.5 Å². The molecule has 0 unspecified atom stereocenters. The van der Waals surface area contributed by atoms with E-state index in [1.807, 2.05) is 12.1 Å². The number of allylic oxidation sites excluding steroid dienone is 1. The number of nitrogens with zero attached hydrogens (tertiary/aromatic N) is 1. The first-order valence-corrected chi connectivity index (χ1v) is 9.43. The molecule has 0 aliphatic carbocycles. The molecular formula is C22H23F2NO4. The molecule has 0 radical (unpaired) electrons. The lowest BCUT2D eigenvalue weighted by molar-refractivity contribution is -0.0514. The normalized spacial score (nSPS) is 14.4. The predicted molar refractivity (Wildman–Crippen MR) is 107 cm³/mol. The topological polar surface area (TPSA) is 48.0 Å². The van der Waals surface area contributed by atoms with Crippen LogP contribution >= 0.6 is 0 Å². The third kappa shape index (κ3) is 5.77. The molecule has 0 atom stereocenters. The number of benzene rings is 2. The lowest BCUT2D eigenvalue weighted by atomic mass is 10.1. The van der Waals surface area contributed by atoms with Gasteiger partial charge in [0.05, 0.1) is 19.8 Å². The summed E-state index contributed by atoms with van der Waals surface area (Å²) in [6.45, 7) is 2.20. The average molecular weight is 403 g/mol. The lowest BCUT2D eigenvalue weighted by Gasteiger charge is -2.28. The lowest BCUT2D eigenvalue weighted by Crippen LogP contribution is -2.36. The minimum absolute atomic E-state index is 0.0379. The van der Waals surface area contributed by atoms with Gasteiger partial charge in [0.2, 0.25) is 0 Å². The molecular weight excluding hydrogens is 380 g/mol. The Hall–Kier alpha value is -2.93. The van der Waals surface area contributed by atoms with Crippen molar-refractivity contribution in [2.75, 3.05) is 37.8 Å². The first kappa shape index (κ1) is 20.8. The maximum atomic E-state index is 12.5. The number of alkyl halides is 2. The Morgan fingerprint density at radius 2 is 1.86 bits per heavy atom. The number of hydrogen-bond acceptors (Lipinski definition) is 5. The Bertz CT molecular complexity index is 846. The molecule has 0 spiro atoms. The van der Waals surface area contributed by atoms with Crippen molar-refractivity contribution in [1.29, 1.82) is 0 Å². The molecule has 0 amide bonds. The molecule has 5 nitrogen and oxygen atoms in total. The standard InChI is InChI=1S/C22H23F2NO4/c1-2-28-21-15-16(4-10-20(21)29-22(23)24)3-9-19(26)17-5-7-18(8-6-17)25-11-13-27-14-12-25/h3-10,15,22H,2,11-14H2,1H3/b9-3+. The molecule has 1 saturated heterocycles. The van der Waals surface area contributed by atoms with Crippen LogP contribution in [-0.2, 0) is 4.74 Å². The Morgan fingerprint density at radius 1 is 1.14 bits per heavy atom. The summed E-state index contributed by atoms with van der Waals surface area (Å²) < 4.78 is 40.1. The summed E-state index contributed by atoms with van der Waals surface area (Å²) in [6, 6.07) is 12.0. The Labute approximate surface area is 168 Å². The second-order valence-corrected chi connectivity index (χ2v) is 6.36. The van der Waals surface area contributed by atoms with Crippen LogP contribution in [0, 0.1) is 0 Å². The van der Waals surface area contributed by atoms with Gasteiger partial charge in [-0.25, -0.2) is 0 Å². The van der Waals surface area contributed by atoms with Crippen molar-refractivity contribution >= 4 is 17.5 Å². The molecule has 1 aliphatic rings. The molecule has 1 fully saturated rings. The van der Waals surface area contributed by atoms with Gasteiger partial charge in [0.1, 0.15) is 0 Å². The third-order valence-electron chi connectivity index (χ3n) is 4.44. The summed E-state index contributed by atoms with van der Waals surface area (Å²) in [6.07, 6.45) is 3.06. The van der Waals surface area contributed by atoms with Crippen LogP contribution in [0.4, 0.5) is 14.5 Å². The SMILES string of the molecule is CCOc1cc(/C=C/C(=O)c2ccc(N3CCOCC3)cc2)ccc1OC(F)F. The molecule has 0 bridgehead atoms. The second-order valence-electron chi connectivity index (χ2n) is 6.36. The smallest absolute Gasteiger partial charge is 0.387 e. The van der Waals surface area contributed by atoms with Crippen LogP contribution in [0.25, 0.3) is 6.08 Å². The maximum absolute atomic E-state index is 12.5. The molecule has 1 heterocycles. The molecule has 2 aromatic carbocycles. The summed E-state index contributed by atoms with van der Waals surface area (Å²) in [5.41, 5.74) is 2.28. The highest BCUT2D eigenvalue weighted by Gasteiger charge is 2.13. The van der Waals surface area contributed by atoms with E-state index in [2.05, 4.69) is 9.64 Å². The second kappa shape index (κ2) is 10.0.